The second-order valence-electron chi connectivity index (χ2n) is 5.16. The van der Waals surface area contributed by atoms with E-state index in [9.17, 15) is 4.79 Å². The smallest absolute Gasteiger partial charge is 0.165 e. The Bertz CT molecular complexity index is 645. The molecule has 3 rings (SSSR count). The summed E-state index contributed by atoms with van der Waals surface area (Å²) in [5.74, 6) is 0.508. The zero-order valence-electron chi connectivity index (χ0n) is 10.8. The fourth-order valence-corrected chi connectivity index (χ4v) is 2.97. The molecule has 2 aromatic rings. The fourth-order valence-electron chi connectivity index (χ4n) is 2.74. The second kappa shape index (κ2) is 4.82. The minimum atomic E-state index is 0.146. The van der Waals surface area contributed by atoms with Gasteiger partial charge in [-0.15, -0.1) is 0 Å². The van der Waals surface area contributed by atoms with Gasteiger partial charge in [-0.3, -0.25) is 4.79 Å². The Hall–Kier alpha value is -1.60. The molecule has 1 aliphatic carbocycles. The molecule has 2 heteroatoms. The lowest BCUT2D eigenvalue weighted by Gasteiger charge is -2.29. The third-order valence-corrected chi connectivity index (χ3v) is 4.39. The van der Waals surface area contributed by atoms with Crippen molar-refractivity contribution in [2.45, 2.75) is 25.7 Å². The summed E-state index contributed by atoms with van der Waals surface area (Å²) in [6.07, 6.45) is 1.56. The summed E-state index contributed by atoms with van der Waals surface area (Å²) in [5.41, 5.74) is 4.31. The van der Waals surface area contributed by atoms with E-state index in [0.29, 0.717) is 22.9 Å². The van der Waals surface area contributed by atoms with Gasteiger partial charge in [0.1, 0.15) is 0 Å². The lowest BCUT2D eigenvalue weighted by atomic mass is 9.74. The summed E-state index contributed by atoms with van der Waals surface area (Å²) in [6, 6.07) is 14.0. The first-order valence-corrected chi connectivity index (χ1v) is 6.90. The summed E-state index contributed by atoms with van der Waals surface area (Å²) >= 11 is 6.21. The number of Topliss-reactive ketones (excluding diaryl/α,β-unsaturated/α-hetero) is 1. The Labute approximate surface area is 118 Å². The number of ketones is 1. The van der Waals surface area contributed by atoms with Gasteiger partial charge in [0.05, 0.1) is 5.02 Å². The van der Waals surface area contributed by atoms with Gasteiger partial charge < -0.3 is 0 Å². The molecule has 0 aliphatic heterocycles. The number of benzene rings is 2. The maximum atomic E-state index is 12.3. The van der Waals surface area contributed by atoms with Crippen molar-refractivity contribution in [1.82, 2.24) is 0 Å². The van der Waals surface area contributed by atoms with Crippen molar-refractivity contribution in [2.75, 3.05) is 0 Å². The van der Waals surface area contributed by atoms with Crippen molar-refractivity contribution in [3.63, 3.8) is 0 Å². The number of hydrogen-bond donors (Lipinski definition) is 0. The van der Waals surface area contributed by atoms with E-state index in [1.807, 2.05) is 37.3 Å². The largest absolute Gasteiger partial charge is 0.294 e. The quantitative estimate of drug-likeness (QED) is 0.747. The summed E-state index contributed by atoms with van der Waals surface area (Å²) in [4.78, 5) is 12.3. The predicted octanol–water partition coefficient (Wildman–Crippen LogP) is 4.56. The van der Waals surface area contributed by atoms with E-state index in [0.717, 1.165) is 12.0 Å². The van der Waals surface area contributed by atoms with Crippen LogP contribution in [0.4, 0.5) is 0 Å². The number of hydrogen-bond acceptors (Lipinski definition) is 1. The van der Waals surface area contributed by atoms with Gasteiger partial charge in [-0.1, -0.05) is 48.0 Å². The molecule has 0 aromatic heterocycles. The standard InChI is InChI=1S/C17H15ClO/c1-11-5-4-8-15(17(11)18)16(19)10-13-9-12-6-2-3-7-14(12)13/h2-8,13H,9-10H2,1H3. The summed E-state index contributed by atoms with van der Waals surface area (Å²) < 4.78 is 0. The average Bonchev–Trinajstić information content (AvgIpc) is 2.39. The minimum Gasteiger partial charge on any atom is -0.294 e. The highest BCUT2D eigenvalue weighted by Gasteiger charge is 2.28. The molecule has 0 saturated heterocycles. The van der Waals surface area contributed by atoms with Crippen LogP contribution >= 0.6 is 11.6 Å². The lowest BCUT2D eigenvalue weighted by Crippen LogP contribution is -2.20. The Kier molecular flexibility index (Phi) is 3.16. The van der Waals surface area contributed by atoms with E-state index < -0.39 is 0 Å². The summed E-state index contributed by atoms with van der Waals surface area (Å²) in [6.45, 7) is 1.93. The van der Waals surface area contributed by atoms with Crippen molar-refractivity contribution < 1.29 is 4.79 Å². The van der Waals surface area contributed by atoms with Gasteiger partial charge in [0.15, 0.2) is 5.78 Å². The molecule has 1 atom stereocenters. The molecule has 1 aliphatic rings. The average molecular weight is 271 g/mol. The van der Waals surface area contributed by atoms with Crippen LogP contribution in [0.15, 0.2) is 42.5 Å². The highest BCUT2D eigenvalue weighted by molar-refractivity contribution is 6.34. The van der Waals surface area contributed by atoms with Gasteiger partial charge in [-0.05, 0) is 42.0 Å². The van der Waals surface area contributed by atoms with Crippen molar-refractivity contribution in [2.24, 2.45) is 0 Å². The van der Waals surface area contributed by atoms with Crippen molar-refractivity contribution >= 4 is 17.4 Å². The number of carbonyl (C=O) groups is 1. The third kappa shape index (κ3) is 2.19. The zero-order chi connectivity index (χ0) is 13.4. The van der Waals surface area contributed by atoms with E-state index >= 15 is 0 Å². The molecular formula is C17H15ClO. The van der Waals surface area contributed by atoms with E-state index in [2.05, 4.69) is 12.1 Å². The van der Waals surface area contributed by atoms with Gasteiger partial charge in [0.2, 0.25) is 0 Å². The highest BCUT2D eigenvalue weighted by atomic mass is 35.5. The van der Waals surface area contributed by atoms with Crippen LogP contribution in [0.1, 0.15) is 39.4 Å². The molecule has 0 bridgehead atoms. The van der Waals surface area contributed by atoms with Crippen LogP contribution in [0.25, 0.3) is 0 Å². The molecule has 1 nitrogen and oxygen atoms in total. The van der Waals surface area contributed by atoms with E-state index in [1.54, 1.807) is 0 Å². The van der Waals surface area contributed by atoms with Crippen LogP contribution in [0.5, 0.6) is 0 Å². The van der Waals surface area contributed by atoms with Gasteiger partial charge in [0, 0.05) is 12.0 Å². The van der Waals surface area contributed by atoms with Gasteiger partial charge in [-0.25, -0.2) is 0 Å². The number of carbonyl (C=O) groups excluding carboxylic acids is 1. The van der Waals surface area contributed by atoms with E-state index in [1.165, 1.54) is 11.1 Å². The summed E-state index contributed by atoms with van der Waals surface area (Å²) in [7, 11) is 0. The number of fused-ring (bicyclic) bond motifs is 1. The maximum Gasteiger partial charge on any atom is 0.165 e. The molecule has 19 heavy (non-hydrogen) atoms. The molecule has 2 aromatic carbocycles. The molecule has 0 spiro atoms. The fraction of sp³-hybridized carbons (Fsp3) is 0.235. The van der Waals surface area contributed by atoms with Crippen LogP contribution < -0.4 is 0 Å². The Morgan fingerprint density at radius 3 is 2.79 bits per heavy atom. The molecule has 0 amide bonds. The van der Waals surface area contributed by atoms with E-state index in [4.69, 9.17) is 11.6 Å². The third-order valence-electron chi connectivity index (χ3n) is 3.89. The van der Waals surface area contributed by atoms with Gasteiger partial charge >= 0.3 is 0 Å². The Balaban J connectivity index is 1.79. The molecule has 0 saturated carbocycles. The maximum absolute atomic E-state index is 12.3. The molecule has 0 fully saturated rings. The predicted molar refractivity (Wildman–Crippen MR) is 78.0 cm³/mol. The molecule has 0 N–H and O–H groups in total. The van der Waals surface area contributed by atoms with Crippen LogP contribution in [0.2, 0.25) is 5.02 Å². The van der Waals surface area contributed by atoms with Crippen molar-refractivity contribution in [3.8, 4) is 0 Å². The van der Waals surface area contributed by atoms with Gasteiger partial charge in [-0.2, -0.15) is 0 Å². The molecule has 1 unspecified atom stereocenters. The molecule has 96 valence electrons. The minimum absolute atomic E-state index is 0.146. The molecular weight excluding hydrogens is 256 g/mol. The Morgan fingerprint density at radius 1 is 1.21 bits per heavy atom. The monoisotopic (exact) mass is 270 g/mol. The first-order valence-electron chi connectivity index (χ1n) is 6.53. The topological polar surface area (TPSA) is 17.1 Å². The first kappa shape index (κ1) is 12.4. The normalized spacial score (nSPS) is 16.6. The van der Waals surface area contributed by atoms with Crippen molar-refractivity contribution in [3.05, 3.63) is 69.7 Å². The Morgan fingerprint density at radius 2 is 2.00 bits per heavy atom. The number of rotatable bonds is 3. The van der Waals surface area contributed by atoms with Crippen LogP contribution in [-0.2, 0) is 6.42 Å². The molecule has 0 radical (unpaired) electrons. The van der Waals surface area contributed by atoms with Crippen LogP contribution in [0, 0.1) is 6.92 Å². The van der Waals surface area contributed by atoms with Crippen LogP contribution in [0.3, 0.4) is 0 Å². The highest BCUT2D eigenvalue weighted by Crippen LogP contribution is 2.38. The first-order chi connectivity index (χ1) is 9.16. The van der Waals surface area contributed by atoms with Crippen LogP contribution in [-0.4, -0.2) is 5.78 Å². The SMILES string of the molecule is Cc1cccc(C(=O)CC2Cc3ccccc32)c1Cl. The molecule has 0 heterocycles. The second-order valence-corrected chi connectivity index (χ2v) is 5.54. The lowest BCUT2D eigenvalue weighted by molar-refractivity contribution is 0.0970. The zero-order valence-corrected chi connectivity index (χ0v) is 11.6. The van der Waals surface area contributed by atoms with Gasteiger partial charge in [0.25, 0.3) is 0 Å². The summed E-state index contributed by atoms with van der Waals surface area (Å²) in [5, 5.41) is 0.597. The number of aryl methyl sites for hydroxylation is 1. The van der Waals surface area contributed by atoms with Crippen molar-refractivity contribution in [1.29, 1.82) is 0 Å². The van der Waals surface area contributed by atoms with E-state index in [-0.39, 0.29) is 5.78 Å². The number of halogens is 1.